The predicted molar refractivity (Wildman–Crippen MR) is 294 cm³/mol. The molecule has 0 radical (unpaired) electrons. The van der Waals surface area contributed by atoms with E-state index in [0.717, 1.165) is 39.0 Å². The molecule has 0 N–H and O–H groups in total. The van der Waals surface area contributed by atoms with Crippen molar-refractivity contribution in [2.75, 3.05) is 0 Å². The molecule has 6 aromatic carbocycles. The molecule has 3 heterocycles. The molecule has 0 aliphatic heterocycles. The number of imidazole rings is 1. The Morgan fingerprint density at radius 2 is 1.07 bits per heavy atom. The summed E-state index contributed by atoms with van der Waals surface area (Å²) in [5, 5.41) is 2.25. The summed E-state index contributed by atoms with van der Waals surface area (Å²) in [5.41, 5.74) is 12.7. The summed E-state index contributed by atoms with van der Waals surface area (Å²) in [6.45, 7) is 36.7. The third-order valence-electron chi connectivity index (χ3n) is 14.5. The molecule has 5 nitrogen and oxygen atoms in total. The van der Waals surface area contributed by atoms with Gasteiger partial charge in [0.25, 0.3) is 6.33 Å². The molecule has 0 fully saturated rings. The molecule has 9 aromatic rings. The standard InChI is InChI=1S/C66H72N4O.Pt/c1-61(2,3)46-30-33-56-55(39-46)54-32-31-53(42-57(54)70(56)58-40-47(34-35-67-58)65(13,14)44-24-19-17-20-25-44)71-52-29-23-28-50(41-52)68-43-69(60(64(10,11)12)59(68)63(7,8)9)51-37-48(62(4,5)6)36-49(38-51)66(15,16)45-26-21-18-22-27-45;/h17-40H,1-16H3;/q-2;. The Morgan fingerprint density at radius 3 is 1.67 bits per heavy atom. The van der Waals surface area contributed by atoms with Gasteiger partial charge in [0.1, 0.15) is 5.82 Å². The van der Waals surface area contributed by atoms with Crippen molar-refractivity contribution in [3.8, 4) is 28.7 Å². The van der Waals surface area contributed by atoms with Crippen molar-refractivity contribution in [2.24, 2.45) is 0 Å². The molecule has 0 spiro atoms. The van der Waals surface area contributed by atoms with E-state index in [1.54, 1.807) is 0 Å². The van der Waals surface area contributed by atoms with Gasteiger partial charge in [-0.3, -0.25) is 4.57 Å². The Hall–Kier alpha value is -6.03. The summed E-state index contributed by atoms with van der Waals surface area (Å²) in [5.74, 6) is 2.02. The van der Waals surface area contributed by atoms with Crippen molar-refractivity contribution in [3.05, 3.63) is 209 Å². The largest absolute Gasteiger partial charge is 0.510 e. The molecule has 6 heteroatoms. The van der Waals surface area contributed by atoms with Gasteiger partial charge in [-0.1, -0.05) is 195 Å². The first-order chi connectivity index (χ1) is 33.2. The predicted octanol–water partition coefficient (Wildman–Crippen LogP) is 16.3. The van der Waals surface area contributed by atoms with Gasteiger partial charge >= 0.3 is 0 Å². The average Bonchev–Trinajstić information content (AvgIpc) is 3.90. The normalized spacial score (nSPS) is 12.9. The minimum absolute atomic E-state index is 0. The molecular weight excluding hydrogens is 1060 g/mol. The number of benzene rings is 6. The number of ether oxygens (including phenoxy) is 1. The Labute approximate surface area is 444 Å². The summed E-state index contributed by atoms with van der Waals surface area (Å²) < 4.78 is 13.6. The summed E-state index contributed by atoms with van der Waals surface area (Å²) in [6, 6.07) is 57.6. The van der Waals surface area contributed by atoms with Crippen molar-refractivity contribution in [2.45, 2.75) is 143 Å². The second-order valence-corrected chi connectivity index (χ2v) is 24.8. The van der Waals surface area contributed by atoms with E-state index < -0.39 is 0 Å². The van der Waals surface area contributed by atoms with E-state index in [4.69, 9.17) is 9.72 Å². The average molecular weight is 1130 g/mol. The van der Waals surface area contributed by atoms with Crippen LogP contribution in [0.5, 0.6) is 11.5 Å². The maximum Gasteiger partial charge on any atom is 0.267 e. The number of aromatic nitrogens is 4. The minimum atomic E-state index is -0.260. The van der Waals surface area contributed by atoms with Crippen LogP contribution in [-0.2, 0) is 53.6 Å². The van der Waals surface area contributed by atoms with Crippen LogP contribution >= 0.6 is 0 Å². The maximum atomic E-state index is 6.83. The molecule has 374 valence electrons. The van der Waals surface area contributed by atoms with Crippen molar-refractivity contribution in [1.29, 1.82) is 0 Å². The molecule has 0 bridgehead atoms. The number of hydrogen-bond donors (Lipinski definition) is 0. The molecule has 0 amide bonds. The van der Waals surface area contributed by atoms with Crippen LogP contribution in [0.4, 0.5) is 0 Å². The fourth-order valence-corrected chi connectivity index (χ4v) is 10.1. The van der Waals surface area contributed by atoms with Crippen molar-refractivity contribution in [3.63, 3.8) is 0 Å². The summed E-state index contributed by atoms with van der Waals surface area (Å²) >= 11 is 0. The van der Waals surface area contributed by atoms with E-state index in [0.29, 0.717) is 11.5 Å². The number of rotatable bonds is 9. The van der Waals surface area contributed by atoms with Crippen LogP contribution in [0.15, 0.2) is 146 Å². The number of fused-ring (bicyclic) bond motifs is 3. The summed E-state index contributed by atoms with van der Waals surface area (Å²) in [6.07, 6.45) is 5.85. The maximum absolute atomic E-state index is 6.83. The molecule has 0 saturated heterocycles. The first-order valence-electron chi connectivity index (χ1n) is 25.3. The van der Waals surface area contributed by atoms with Gasteiger partial charge in [-0.15, -0.1) is 29.7 Å². The smallest absolute Gasteiger partial charge is 0.267 e. The van der Waals surface area contributed by atoms with Crippen LogP contribution in [0.1, 0.15) is 156 Å². The Kier molecular flexibility index (Phi) is 13.6. The quantitative estimate of drug-likeness (QED) is 0.107. The first-order valence-corrected chi connectivity index (χ1v) is 25.3. The molecule has 0 saturated carbocycles. The number of nitrogens with zero attached hydrogens (tertiary/aromatic N) is 4. The summed E-state index contributed by atoms with van der Waals surface area (Å²) in [7, 11) is 0. The van der Waals surface area contributed by atoms with Gasteiger partial charge in [-0.2, -0.15) is 18.2 Å². The molecule has 0 aliphatic rings. The number of hydrogen-bond acceptors (Lipinski definition) is 2. The molecule has 72 heavy (non-hydrogen) atoms. The van der Waals surface area contributed by atoms with Crippen LogP contribution in [-0.4, -0.2) is 14.1 Å². The van der Waals surface area contributed by atoms with Gasteiger partial charge in [0.05, 0.1) is 17.1 Å². The molecule has 0 atom stereocenters. The zero-order valence-electron chi connectivity index (χ0n) is 45.4. The first kappa shape index (κ1) is 52.3. The summed E-state index contributed by atoms with van der Waals surface area (Å²) in [4.78, 5) is 5.03. The molecule has 0 aliphatic carbocycles. The SMILES string of the molecule is CC(C)(C)c1cc(-[n+]2[c-]n(-c3[c-]c(Oc4[c-]c5c(cc4)c4cc(C(C)(C)C)ccc4n5-c4cc(C(C)(C)c5ccccc5)ccn4)ccc3)c(C(C)(C)C)c2C(C)(C)C)cc(C(C)(C)c2ccccc2)c1.[Pt]. The van der Waals surface area contributed by atoms with E-state index in [9.17, 15) is 0 Å². The van der Waals surface area contributed by atoms with Crippen molar-refractivity contribution < 1.29 is 30.4 Å². The molecular formula is C66H72N4OPt-2. The van der Waals surface area contributed by atoms with E-state index in [1.165, 1.54) is 44.8 Å². The van der Waals surface area contributed by atoms with E-state index in [2.05, 4.69) is 270 Å². The second-order valence-electron chi connectivity index (χ2n) is 24.8. The van der Waals surface area contributed by atoms with Crippen molar-refractivity contribution in [1.82, 2.24) is 14.1 Å². The van der Waals surface area contributed by atoms with Crippen LogP contribution in [0, 0.1) is 18.5 Å². The second kappa shape index (κ2) is 18.8. The Bertz CT molecular complexity index is 3420. The van der Waals surface area contributed by atoms with Gasteiger partial charge in [-0.05, 0) is 96.4 Å². The third kappa shape index (κ3) is 9.91. The van der Waals surface area contributed by atoms with E-state index in [-0.39, 0.29) is 53.6 Å². The Balaban J connectivity index is 0.00000693. The molecule has 9 rings (SSSR count). The van der Waals surface area contributed by atoms with Crippen LogP contribution in [0.25, 0.3) is 39.0 Å². The third-order valence-corrected chi connectivity index (χ3v) is 14.5. The fraction of sp³-hybridized carbons (Fsp3) is 0.333. The van der Waals surface area contributed by atoms with E-state index >= 15 is 0 Å². The number of pyridine rings is 1. The topological polar surface area (TPSA) is 35.9 Å². The zero-order chi connectivity index (χ0) is 51.1. The van der Waals surface area contributed by atoms with Crippen LogP contribution in [0.3, 0.4) is 0 Å². The fourth-order valence-electron chi connectivity index (χ4n) is 10.1. The van der Waals surface area contributed by atoms with E-state index in [1.807, 2.05) is 18.3 Å². The zero-order valence-corrected chi connectivity index (χ0v) is 47.6. The van der Waals surface area contributed by atoms with Gasteiger partial charge in [-0.25, -0.2) is 4.98 Å². The van der Waals surface area contributed by atoms with Gasteiger partial charge in [0.15, 0.2) is 0 Å². The van der Waals surface area contributed by atoms with Crippen LogP contribution in [0.2, 0.25) is 0 Å². The molecule has 0 unspecified atom stereocenters. The van der Waals surface area contributed by atoms with Gasteiger partial charge in [0, 0.05) is 55.1 Å². The van der Waals surface area contributed by atoms with Crippen molar-refractivity contribution >= 4 is 21.8 Å². The monoisotopic (exact) mass is 1130 g/mol. The molecule has 3 aromatic heterocycles. The minimum Gasteiger partial charge on any atom is -0.510 e. The van der Waals surface area contributed by atoms with Gasteiger partial charge in [0.2, 0.25) is 0 Å². The van der Waals surface area contributed by atoms with Crippen LogP contribution < -0.4 is 9.30 Å². The van der Waals surface area contributed by atoms with Gasteiger partial charge < -0.3 is 13.9 Å². The Morgan fingerprint density at radius 1 is 0.472 bits per heavy atom.